The second-order valence-electron chi connectivity index (χ2n) is 4.59. The molecule has 0 aliphatic carbocycles. The molecule has 0 spiro atoms. The molecule has 0 aliphatic rings. The standard InChI is InChI=1S/C14H22ClNO2/c1-11(2)10-17-7-8-18-14(9-16)12-5-3-4-6-13(12)15/h3-6,11,14H,7-10,16H2,1-2H3. The van der Waals surface area contributed by atoms with E-state index in [0.717, 1.165) is 12.2 Å². The van der Waals surface area contributed by atoms with Crippen molar-refractivity contribution in [2.24, 2.45) is 11.7 Å². The zero-order valence-corrected chi connectivity index (χ0v) is 11.8. The molecule has 0 saturated heterocycles. The highest BCUT2D eigenvalue weighted by Crippen LogP contribution is 2.24. The van der Waals surface area contributed by atoms with Crippen LogP contribution in [-0.2, 0) is 9.47 Å². The Kier molecular flexibility index (Phi) is 7.28. The molecule has 3 nitrogen and oxygen atoms in total. The molecule has 0 amide bonds. The molecule has 1 aromatic carbocycles. The summed E-state index contributed by atoms with van der Waals surface area (Å²) in [5.74, 6) is 0.541. The fourth-order valence-electron chi connectivity index (χ4n) is 1.59. The minimum absolute atomic E-state index is 0.165. The molecule has 0 bridgehead atoms. The van der Waals surface area contributed by atoms with Gasteiger partial charge in [-0.1, -0.05) is 43.6 Å². The molecule has 0 saturated carbocycles. The highest BCUT2D eigenvalue weighted by Gasteiger charge is 2.12. The minimum atomic E-state index is -0.165. The number of benzene rings is 1. The van der Waals surface area contributed by atoms with Crippen molar-refractivity contribution in [2.75, 3.05) is 26.4 Å². The van der Waals surface area contributed by atoms with Gasteiger partial charge in [-0.2, -0.15) is 0 Å². The molecule has 102 valence electrons. The number of halogens is 1. The molecule has 0 aliphatic heterocycles. The highest BCUT2D eigenvalue weighted by molar-refractivity contribution is 6.31. The van der Waals surface area contributed by atoms with Crippen LogP contribution in [0.25, 0.3) is 0 Å². The van der Waals surface area contributed by atoms with E-state index < -0.39 is 0 Å². The van der Waals surface area contributed by atoms with E-state index in [0.29, 0.717) is 30.7 Å². The van der Waals surface area contributed by atoms with Crippen LogP contribution >= 0.6 is 11.6 Å². The van der Waals surface area contributed by atoms with Crippen LogP contribution < -0.4 is 5.73 Å². The predicted octanol–water partition coefficient (Wildman–Crippen LogP) is 3.03. The first-order chi connectivity index (χ1) is 8.65. The second-order valence-corrected chi connectivity index (χ2v) is 4.99. The van der Waals surface area contributed by atoms with E-state index in [1.807, 2.05) is 24.3 Å². The van der Waals surface area contributed by atoms with Crippen LogP contribution in [0.4, 0.5) is 0 Å². The van der Waals surface area contributed by atoms with Crippen LogP contribution in [0, 0.1) is 5.92 Å². The van der Waals surface area contributed by atoms with Gasteiger partial charge in [-0.25, -0.2) is 0 Å². The first-order valence-corrected chi connectivity index (χ1v) is 6.66. The number of nitrogens with two attached hydrogens (primary N) is 1. The maximum Gasteiger partial charge on any atom is 0.0962 e. The molecular weight excluding hydrogens is 250 g/mol. The lowest BCUT2D eigenvalue weighted by Crippen LogP contribution is -2.19. The zero-order valence-electron chi connectivity index (χ0n) is 11.1. The molecular formula is C14H22ClNO2. The third-order valence-electron chi connectivity index (χ3n) is 2.46. The zero-order chi connectivity index (χ0) is 13.4. The summed E-state index contributed by atoms with van der Waals surface area (Å²) in [5, 5.41) is 0.691. The monoisotopic (exact) mass is 271 g/mol. The van der Waals surface area contributed by atoms with Crippen LogP contribution in [0.2, 0.25) is 5.02 Å². The molecule has 18 heavy (non-hydrogen) atoms. The number of ether oxygens (including phenoxy) is 2. The van der Waals surface area contributed by atoms with Crippen molar-refractivity contribution in [3.8, 4) is 0 Å². The SMILES string of the molecule is CC(C)COCCOC(CN)c1ccccc1Cl. The van der Waals surface area contributed by atoms with Crippen molar-refractivity contribution >= 4 is 11.6 Å². The quantitative estimate of drug-likeness (QED) is 0.739. The summed E-state index contributed by atoms with van der Waals surface area (Å²) < 4.78 is 11.2. The summed E-state index contributed by atoms with van der Waals surface area (Å²) in [4.78, 5) is 0. The molecule has 1 rings (SSSR count). The molecule has 4 heteroatoms. The molecule has 1 aromatic rings. The van der Waals surface area contributed by atoms with Gasteiger partial charge in [-0.15, -0.1) is 0 Å². The van der Waals surface area contributed by atoms with Gasteiger partial charge < -0.3 is 15.2 Å². The van der Waals surface area contributed by atoms with Crippen LogP contribution in [0.5, 0.6) is 0 Å². The Morgan fingerprint density at radius 1 is 1.22 bits per heavy atom. The van der Waals surface area contributed by atoms with Gasteiger partial charge in [0.1, 0.15) is 0 Å². The van der Waals surface area contributed by atoms with Gasteiger partial charge in [-0.3, -0.25) is 0 Å². The molecule has 1 atom stereocenters. The summed E-state index contributed by atoms with van der Waals surface area (Å²) in [7, 11) is 0. The number of hydrogen-bond acceptors (Lipinski definition) is 3. The van der Waals surface area contributed by atoms with E-state index in [4.69, 9.17) is 26.8 Å². The lowest BCUT2D eigenvalue weighted by atomic mass is 10.1. The van der Waals surface area contributed by atoms with E-state index in [9.17, 15) is 0 Å². The van der Waals surface area contributed by atoms with Crippen molar-refractivity contribution in [1.82, 2.24) is 0 Å². The van der Waals surface area contributed by atoms with Gasteiger partial charge in [0.05, 0.1) is 19.3 Å². The first-order valence-electron chi connectivity index (χ1n) is 6.29. The van der Waals surface area contributed by atoms with E-state index in [1.165, 1.54) is 0 Å². The molecule has 0 radical (unpaired) electrons. The van der Waals surface area contributed by atoms with E-state index in [1.54, 1.807) is 0 Å². The average Bonchev–Trinajstić information content (AvgIpc) is 2.35. The lowest BCUT2D eigenvalue weighted by molar-refractivity contribution is 0.00181. The summed E-state index contributed by atoms with van der Waals surface area (Å²) in [6.45, 7) is 6.51. The molecule has 0 aromatic heterocycles. The van der Waals surface area contributed by atoms with Gasteiger partial charge in [0.25, 0.3) is 0 Å². The Hall–Kier alpha value is -0.610. The molecule has 0 fully saturated rings. The topological polar surface area (TPSA) is 44.5 Å². The maximum atomic E-state index is 6.11. The van der Waals surface area contributed by atoms with Crippen molar-refractivity contribution in [1.29, 1.82) is 0 Å². The first kappa shape index (κ1) is 15.4. The van der Waals surface area contributed by atoms with Crippen LogP contribution in [0.1, 0.15) is 25.5 Å². The fourth-order valence-corrected chi connectivity index (χ4v) is 1.85. The molecule has 0 heterocycles. The van der Waals surface area contributed by atoms with Gasteiger partial charge in [0.15, 0.2) is 0 Å². The normalized spacial score (nSPS) is 12.9. The smallest absolute Gasteiger partial charge is 0.0962 e. The molecule has 1 unspecified atom stereocenters. The third-order valence-corrected chi connectivity index (χ3v) is 2.81. The Labute approximate surface area is 114 Å². The minimum Gasteiger partial charge on any atom is -0.379 e. The summed E-state index contributed by atoms with van der Waals surface area (Å²) in [6.07, 6.45) is -0.165. The van der Waals surface area contributed by atoms with Gasteiger partial charge >= 0.3 is 0 Å². The number of rotatable bonds is 8. The van der Waals surface area contributed by atoms with Crippen LogP contribution in [0.3, 0.4) is 0 Å². The predicted molar refractivity (Wildman–Crippen MR) is 74.9 cm³/mol. The Balaban J connectivity index is 2.36. The van der Waals surface area contributed by atoms with Crippen LogP contribution in [-0.4, -0.2) is 26.4 Å². The Morgan fingerprint density at radius 3 is 2.56 bits per heavy atom. The number of hydrogen-bond donors (Lipinski definition) is 1. The summed E-state index contributed by atoms with van der Waals surface area (Å²) in [6, 6.07) is 7.61. The van der Waals surface area contributed by atoms with E-state index in [2.05, 4.69) is 13.8 Å². The van der Waals surface area contributed by atoms with Gasteiger partial charge in [0.2, 0.25) is 0 Å². The van der Waals surface area contributed by atoms with Crippen molar-refractivity contribution < 1.29 is 9.47 Å². The van der Waals surface area contributed by atoms with Crippen molar-refractivity contribution in [3.05, 3.63) is 34.9 Å². The van der Waals surface area contributed by atoms with Crippen molar-refractivity contribution in [2.45, 2.75) is 20.0 Å². The maximum absolute atomic E-state index is 6.11. The summed E-state index contributed by atoms with van der Waals surface area (Å²) >= 11 is 6.11. The largest absolute Gasteiger partial charge is 0.379 e. The Morgan fingerprint density at radius 2 is 1.94 bits per heavy atom. The average molecular weight is 272 g/mol. The van der Waals surface area contributed by atoms with E-state index >= 15 is 0 Å². The highest BCUT2D eigenvalue weighted by atomic mass is 35.5. The second kappa shape index (κ2) is 8.48. The van der Waals surface area contributed by atoms with E-state index in [-0.39, 0.29) is 6.10 Å². The van der Waals surface area contributed by atoms with Crippen LogP contribution in [0.15, 0.2) is 24.3 Å². The van der Waals surface area contributed by atoms with Crippen molar-refractivity contribution in [3.63, 3.8) is 0 Å². The Bertz CT molecular complexity index is 344. The molecule has 2 N–H and O–H groups in total. The lowest BCUT2D eigenvalue weighted by Gasteiger charge is -2.18. The van der Waals surface area contributed by atoms with Gasteiger partial charge in [-0.05, 0) is 12.0 Å². The summed E-state index contributed by atoms with van der Waals surface area (Å²) in [5.41, 5.74) is 6.65. The van der Waals surface area contributed by atoms with Gasteiger partial charge in [0, 0.05) is 23.7 Å². The third kappa shape index (κ3) is 5.36. The fraction of sp³-hybridized carbons (Fsp3) is 0.571.